The van der Waals surface area contributed by atoms with Crippen molar-refractivity contribution in [3.05, 3.63) is 83.2 Å². The van der Waals surface area contributed by atoms with Crippen molar-refractivity contribution in [3.63, 3.8) is 0 Å². The molecule has 5 nitrogen and oxygen atoms in total. The quantitative estimate of drug-likeness (QED) is 0.540. The number of ether oxygens (including phenoxy) is 2. The normalized spacial score (nSPS) is 10.6. The summed E-state index contributed by atoms with van der Waals surface area (Å²) in [7, 11) is 0. The van der Waals surface area contributed by atoms with Crippen LogP contribution in [0.25, 0.3) is 11.1 Å². The van der Waals surface area contributed by atoms with Crippen LogP contribution in [0.3, 0.4) is 0 Å². The van der Waals surface area contributed by atoms with Gasteiger partial charge in [0.2, 0.25) is 0 Å². The molecule has 2 aromatic carbocycles. The third kappa shape index (κ3) is 4.24. The lowest BCUT2D eigenvalue weighted by Crippen LogP contribution is -2.15. The number of hydrogen-bond donors (Lipinski definition) is 0. The average Bonchev–Trinajstić information content (AvgIpc) is 3.02. The van der Waals surface area contributed by atoms with Crippen LogP contribution in [0, 0.1) is 6.92 Å². The highest BCUT2D eigenvalue weighted by Gasteiger charge is 2.31. The molecule has 0 saturated carbocycles. The molecule has 0 saturated heterocycles. The van der Waals surface area contributed by atoms with Gasteiger partial charge in [-0.1, -0.05) is 60.7 Å². The molecule has 0 spiro atoms. The van der Waals surface area contributed by atoms with Crippen LogP contribution in [0.5, 0.6) is 0 Å². The molecule has 1 heterocycles. The fourth-order valence-electron chi connectivity index (χ4n) is 3.45. The van der Waals surface area contributed by atoms with E-state index in [9.17, 15) is 9.59 Å². The van der Waals surface area contributed by atoms with Crippen LogP contribution in [0.4, 0.5) is 0 Å². The van der Waals surface area contributed by atoms with Crippen molar-refractivity contribution in [1.82, 2.24) is 4.57 Å². The number of carbonyl (C=O) groups excluding carboxylic acids is 2. The van der Waals surface area contributed by atoms with Crippen molar-refractivity contribution in [1.29, 1.82) is 0 Å². The van der Waals surface area contributed by atoms with Gasteiger partial charge in [0.25, 0.3) is 0 Å². The molecule has 29 heavy (non-hydrogen) atoms. The first-order chi connectivity index (χ1) is 14.1. The smallest absolute Gasteiger partial charge is 0.355 e. The van der Waals surface area contributed by atoms with Crippen LogP contribution in [0.2, 0.25) is 0 Å². The van der Waals surface area contributed by atoms with Crippen molar-refractivity contribution in [3.8, 4) is 11.1 Å². The monoisotopic (exact) mass is 391 g/mol. The summed E-state index contributed by atoms with van der Waals surface area (Å²) in [5.74, 6) is -0.901. The Morgan fingerprint density at radius 1 is 0.828 bits per heavy atom. The molecule has 0 aliphatic heterocycles. The Hall–Kier alpha value is -3.34. The molecule has 3 aromatic rings. The Bertz CT molecular complexity index is 991. The van der Waals surface area contributed by atoms with Crippen LogP contribution >= 0.6 is 0 Å². The van der Waals surface area contributed by atoms with E-state index in [0.717, 1.165) is 11.1 Å². The van der Waals surface area contributed by atoms with Gasteiger partial charge in [-0.2, -0.15) is 0 Å². The zero-order chi connectivity index (χ0) is 20.8. The summed E-state index contributed by atoms with van der Waals surface area (Å²) in [6.07, 6.45) is 0. The van der Waals surface area contributed by atoms with Crippen molar-refractivity contribution in [2.45, 2.75) is 27.3 Å². The third-order valence-electron chi connectivity index (χ3n) is 4.72. The zero-order valence-electron chi connectivity index (χ0n) is 17.0. The molecule has 0 unspecified atom stereocenters. The lowest BCUT2D eigenvalue weighted by atomic mass is 10.00. The first-order valence-electron chi connectivity index (χ1n) is 9.75. The van der Waals surface area contributed by atoms with Gasteiger partial charge in [0.15, 0.2) is 0 Å². The van der Waals surface area contributed by atoms with E-state index in [-0.39, 0.29) is 13.2 Å². The maximum absolute atomic E-state index is 13.0. The number of nitrogens with zero attached hydrogens (tertiary/aromatic N) is 1. The van der Waals surface area contributed by atoms with E-state index in [0.29, 0.717) is 29.1 Å². The molecular weight excluding hydrogens is 366 g/mol. The van der Waals surface area contributed by atoms with Gasteiger partial charge in [0, 0.05) is 17.8 Å². The van der Waals surface area contributed by atoms with Gasteiger partial charge in [0.1, 0.15) is 5.69 Å². The molecule has 0 radical (unpaired) electrons. The Morgan fingerprint density at radius 2 is 1.38 bits per heavy atom. The topological polar surface area (TPSA) is 57.5 Å². The molecule has 5 heteroatoms. The minimum atomic E-state index is -0.457. The minimum Gasteiger partial charge on any atom is -0.462 e. The standard InChI is InChI=1S/C24H25NO4/c1-4-28-23(26)20-17(3)25(16-18-12-8-6-9-13-18)22(24(27)29-5-2)21(20)19-14-10-7-11-15-19/h6-15H,4-5,16H2,1-3H3. The fourth-order valence-corrected chi connectivity index (χ4v) is 3.45. The van der Waals surface area contributed by atoms with Gasteiger partial charge in [-0.3, -0.25) is 0 Å². The average molecular weight is 391 g/mol. The highest BCUT2D eigenvalue weighted by molar-refractivity contribution is 6.07. The number of carbonyl (C=O) groups is 2. The van der Waals surface area contributed by atoms with Gasteiger partial charge < -0.3 is 14.0 Å². The second kappa shape index (κ2) is 9.24. The zero-order valence-corrected chi connectivity index (χ0v) is 17.0. The Morgan fingerprint density at radius 3 is 1.97 bits per heavy atom. The van der Waals surface area contributed by atoms with E-state index in [1.165, 1.54) is 0 Å². The largest absolute Gasteiger partial charge is 0.462 e. The molecule has 0 aliphatic rings. The number of aromatic nitrogens is 1. The van der Waals surface area contributed by atoms with Gasteiger partial charge >= 0.3 is 11.9 Å². The summed E-state index contributed by atoms with van der Waals surface area (Å²) in [6, 6.07) is 19.2. The van der Waals surface area contributed by atoms with E-state index in [4.69, 9.17) is 9.47 Å². The molecule has 0 amide bonds. The summed E-state index contributed by atoms with van der Waals surface area (Å²) in [4.78, 5) is 25.9. The van der Waals surface area contributed by atoms with Crippen molar-refractivity contribution in [2.24, 2.45) is 0 Å². The van der Waals surface area contributed by atoms with Crippen LogP contribution in [-0.2, 0) is 16.0 Å². The number of rotatable bonds is 7. The predicted octanol–water partition coefficient (Wildman–Crippen LogP) is 4.87. The highest BCUT2D eigenvalue weighted by atomic mass is 16.5. The van der Waals surface area contributed by atoms with E-state index in [2.05, 4.69) is 0 Å². The van der Waals surface area contributed by atoms with Crippen molar-refractivity contribution < 1.29 is 19.1 Å². The van der Waals surface area contributed by atoms with E-state index in [1.54, 1.807) is 13.8 Å². The highest BCUT2D eigenvalue weighted by Crippen LogP contribution is 2.34. The number of hydrogen-bond acceptors (Lipinski definition) is 4. The van der Waals surface area contributed by atoms with Crippen molar-refractivity contribution in [2.75, 3.05) is 13.2 Å². The third-order valence-corrected chi connectivity index (χ3v) is 4.72. The van der Waals surface area contributed by atoms with Crippen LogP contribution in [0.15, 0.2) is 60.7 Å². The second-order valence-electron chi connectivity index (χ2n) is 6.56. The van der Waals surface area contributed by atoms with Gasteiger partial charge in [-0.15, -0.1) is 0 Å². The molecule has 0 atom stereocenters. The molecule has 1 aromatic heterocycles. The summed E-state index contributed by atoms with van der Waals surface area (Å²) in [6.45, 7) is 6.32. The summed E-state index contributed by atoms with van der Waals surface area (Å²) in [5.41, 5.74) is 3.78. The minimum absolute atomic E-state index is 0.247. The molecule has 3 rings (SSSR count). The Balaban J connectivity index is 2.29. The fraction of sp³-hybridized carbons (Fsp3) is 0.250. The van der Waals surface area contributed by atoms with Crippen LogP contribution in [0.1, 0.15) is 46.0 Å². The van der Waals surface area contributed by atoms with E-state index in [1.807, 2.05) is 72.2 Å². The molecule has 150 valence electrons. The molecule has 0 fully saturated rings. The Labute approximate surface area is 170 Å². The summed E-state index contributed by atoms with van der Waals surface area (Å²) < 4.78 is 12.5. The molecule has 0 N–H and O–H groups in total. The maximum atomic E-state index is 13.0. The summed E-state index contributed by atoms with van der Waals surface area (Å²) in [5, 5.41) is 0. The first-order valence-corrected chi connectivity index (χ1v) is 9.75. The van der Waals surface area contributed by atoms with Crippen LogP contribution in [-0.4, -0.2) is 29.7 Å². The van der Waals surface area contributed by atoms with Crippen molar-refractivity contribution >= 4 is 11.9 Å². The first kappa shape index (κ1) is 20.4. The SMILES string of the molecule is CCOC(=O)c1c(-c2ccccc2)c(C(=O)OCC)n(Cc2ccccc2)c1C. The lowest BCUT2D eigenvalue weighted by molar-refractivity contribution is 0.0512. The summed E-state index contributed by atoms with van der Waals surface area (Å²) >= 11 is 0. The van der Waals surface area contributed by atoms with E-state index < -0.39 is 11.9 Å². The Kier molecular flexibility index (Phi) is 6.50. The second-order valence-corrected chi connectivity index (χ2v) is 6.56. The maximum Gasteiger partial charge on any atom is 0.355 e. The van der Waals surface area contributed by atoms with Gasteiger partial charge in [-0.05, 0) is 31.9 Å². The van der Waals surface area contributed by atoms with Gasteiger partial charge in [-0.25, -0.2) is 9.59 Å². The van der Waals surface area contributed by atoms with Crippen LogP contribution < -0.4 is 0 Å². The van der Waals surface area contributed by atoms with Gasteiger partial charge in [0.05, 0.1) is 18.8 Å². The lowest BCUT2D eigenvalue weighted by Gasteiger charge is -2.12. The number of esters is 2. The predicted molar refractivity (Wildman–Crippen MR) is 112 cm³/mol. The number of benzene rings is 2. The molecule has 0 bridgehead atoms. The van der Waals surface area contributed by atoms with E-state index >= 15 is 0 Å². The molecule has 0 aliphatic carbocycles. The molecular formula is C24H25NO4.